The predicted octanol–water partition coefficient (Wildman–Crippen LogP) is 0.918. The highest BCUT2D eigenvalue weighted by Gasteiger charge is 2.23. The molecule has 0 aromatic heterocycles. The van der Waals surface area contributed by atoms with Gasteiger partial charge in [0.2, 0.25) is 0 Å². The van der Waals surface area contributed by atoms with Gasteiger partial charge in [-0.3, -0.25) is 0 Å². The largest absolute Gasteiger partial charge is 0.427 e. The van der Waals surface area contributed by atoms with E-state index in [1.165, 1.54) is 7.05 Å². The fraction of sp³-hybridized carbons (Fsp3) is 0.250. The van der Waals surface area contributed by atoms with Gasteiger partial charge in [-0.15, -0.1) is 0 Å². The van der Waals surface area contributed by atoms with E-state index in [1.54, 1.807) is 24.3 Å². The van der Waals surface area contributed by atoms with Crippen LogP contribution < -0.4 is 4.72 Å². The maximum atomic E-state index is 11.1. The monoisotopic (exact) mass is 184 g/mol. The molecule has 0 heterocycles. The van der Waals surface area contributed by atoms with Crippen LogP contribution in [-0.4, -0.2) is 15.5 Å². The summed E-state index contributed by atoms with van der Waals surface area (Å²) in [4.78, 5) is 0.246. The number of sulfonamides is 1. The highest BCUT2D eigenvalue weighted by atomic mass is 32.2. The van der Waals surface area contributed by atoms with Crippen LogP contribution in [0.25, 0.3) is 0 Å². The minimum absolute atomic E-state index is 0.246. The van der Waals surface area contributed by atoms with Crippen molar-refractivity contribution >= 4 is 10.0 Å². The Morgan fingerprint density at radius 2 is 1.67 bits per heavy atom. The van der Waals surface area contributed by atoms with Crippen molar-refractivity contribution < 1.29 is 8.42 Å². The van der Waals surface area contributed by atoms with E-state index >= 15 is 0 Å². The van der Waals surface area contributed by atoms with Crippen molar-refractivity contribution in [3.05, 3.63) is 29.8 Å². The second-order valence-electron chi connectivity index (χ2n) is 2.47. The molecule has 64 valence electrons. The molecule has 0 unspecified atom stereocenters. The maximum absolute atomic E-state index is 11.1. The van der Waals surface area contributed by atoms with E-state index in [2.05, 4.69) is 4.72 Å². The molecule has 4 heteroatoms. The van der Waals surface area contributed by atoms with Gasteiger partial charge in [0.25, 0.3) is 0 Å². The van der Waals surface area contributed by atoms with Crippen LogP contribution >= 0.6 is 0 Å². The zero-order valence-electron chi connectivity index (χ0n) is 6.98. The minimum Gasteiger partial charge on any atom is -0.157 e. The van der Waals surface area contributed by atoms with Crippen molar-refractivity contribution in [2.75, 3.05) is 7.05 Å². The first-order valence-electron chi connectivity index (χ1n) is 3.49. The van der Waals surface area contributed by atoms with Crippen LogP contribution in [-0.2, 0) is 10.0 Å². The van der Waals surface area contributed by atoms with Gasteiger partial charge in [0.1, 0.15) is 4.90 Å². The van der Waals surface area contributed by atoms with Gasteiger partial charge in [-0.25, -0.2) is 0 Å². The van der Waals surface area contributed by atoms with E-state index in [0.29, 0.717) is 0 Å². The molecule has 12 heavy (non-hydrogen) atoms. The summed E-state index contributed by atoms with van der Waals surface area (Å²) < 4.78 is 25.6. The molecule has 0 saturated carbocycles. The zero-order valence-corrected chi connectivity index (χ0v) is 7.80. The molecule has 0 fully saturated rings. The summed E-state index contributed by atoms with van der Waals surface area (Å²) in [5, 5.41) is 0. The molecule has 0 N–H and O–H groups in total. The third-order valence-corrected chi connectivity index (χ3v) is 2.91. The second kappa shape index (κ2) is 3.25. The van der Waals surface area contributed by atoms with E-state index in [-0.39, 0.29) is 4.90 Å². The smallest absolute Gasteiger partial charge is 0.157 e. The molecule has 0 bridgehead atoms. The van der Waals surface area contributed by atoms with E-state index in [0.717, 1.165) is 5.56 Å². The zero-order chi connectivity index (χ0) is 9.19. The molecule has 0 spiro atoms. The lowest BCUT2D eigenvalue weighted by Gasteiger charge is -1.92. The maximum Gasteiger partial charge on any atom is 0.427 e. The molecule has 0 aliphatic rings. The molecule has 0 aliphatic heterocycles. The van der Waals surface area contributed by atoms with Gasteiger partial charge in [-0.2, -0.15) is 8.42 Å². The second-order valence-corrected chi connectivity index (χ2v) is 4.26. The van der Waals surface area contributed by atoms with Crippen LogP contribution in [0.3, 0.4) is 0 Å². The van der Waals surface area contributed by atoms with Gasteiger partial charge >= 0.3 is 10.0 Å². The standard InChI is InChI=1S/C8H10NO2S/c1-7-3-5-8(6-4-7)12(10,11)9-2/h3-6H,1-2H3/q+1. The summed E-state index contributed by atoms with van der Waals surface area (Å²) in [6, 6.07) is 6.60. The van der Waals surface area contributed by atoms with Gasteiger partial charge in [0.15, 0.2) is 11.8 Å². The predicted molar refractivity (Wildman–Crippen MR) is 46.4 cm³/mol. The van der Waals surface area contributed by atoms with Crippen molar-refractivity contribution in [3.8, 4) is 0 Å². The molecule has 1 rings (SSSR count). The van der Waals surface area contributed by atoms with Gasteiger partial charge < -0.3 is 0 Å². The Balaban J connectivity index is 3.14. The average molecular weight is 184 g/mol. The normalized spacial score (nSPS) is 11.5. The summed E-state index contributed by atoms with van der Waals surface area (Å²) in [6.07, 6.45) is 0. The summed E-state index contributed by atoms with van der Waals surface area (Å²) in [6.45, 7) is 1.90. The highest BCUT2D eigenvalue weighted by molar-refractivity contribution is 7.89. The topological polar surface area (TPSA) is 48.2 Å². The lowest BCUT2D eigenvalue weighted by Crippen LogP contribution is -2.11. The Morgan fingerprint density at radius 1 is 1.17 bits per heavy atom. The van der Waals surface area contributed by atoms with Gasteiger partial charge in [0, 0.05) is 0 Å². The van der Waals surface area contributed by atoms with Gasteiger partial charge in [0.05, 0.1) is 0 Å². The quantitative estimate of drug-likeness (QED) is 0.686. The lowest BCUT2D eigenvalue weighted by molar-refractivity contribution is 0.587. The Hall–Kier alpha value is -0.870. The fourth-order valence-electron chi connectivity index (χ4n) is 0.816. The molecule has 0 atom stereocenters. The molecule has 0 saturated heterocycles. The molecular formula is C8H10NO2S+. The first-order valence-corrected chi connectivity index (χ1v) is 4.93. The average Bonchev–Trinajstić information content (AvgIpc) is 2.05. The minimum atomic E-state index is -3.39. The van der Waals surface area contributed by atoms with E-state index < -0.39 is 10.0 Å². The van der Waals surface area contributed by atoms with Crippen molar-refractivity contribution in [2.24, 2.45) is 0 Å². The Labute approximate surface area is 72.5 Å². The Morgan fingerprint density at radius 3 is 2.08 bits per heavy atom. The van der Waals surface area contributed by atoms with Crippen LogP contribution in [0.15, 0.2) is 29.2 Å². The van der Waals surface area contributed by atoms with Gasteiger partial charge in [-0.05, 0) is 19.1 Å². The molecule has 1 aromatic rings. The number of aryl methyl sites for hydroxylation is 1. The van der Waals surface area contributed by atoms with E-state index in [9.17, 15) is 8.42 Å². The molecule has 0 amide bonds. The van der Waals surface area contributed by atoms with Crippen LogP contribution in [0.2, 0.25) is 0 Å². The van der Waals surface area contributed by atoms with E-state index in [4.69, 9.17) is 0 Å². The third-order valence-electron chi connectivity index (χ3n) is 1.56. The highest BCUT2D eigenvalue weighted by Crippen LogP contribution is 2.09. The van der Waals surface area contributed by atoms with Crippen molar-refractivity contribution in [1.29, 1.82) is 0 Å². The van der Waals surface area contributed by atoms with Crippen LogP contribution in [0, 0.1) is 6.92 Å². The first-order chi connectivity index (χ1) is 5.56. The summed E-state index contributed by atoms with van der Waals surface area (Å²) in [7, 11) is -2.12. The van der Waals surface area contributed by atoms with Gasteiger partial charge in [-0.1, -0.05) is 17.7 Å². The Kier molecular flexibility index (Phi) is 2.49. The number of rotatable bonds is 2. The SMILES string of the molecule is C[N+]S(=O)(=O)c1ccc(C)cc1. The molecular weight excluding hydrogens is 174 g/mol. The number of benzene rings is 1. The molecule has 1 aromatic carbocycles. The first kappa shape index (κ1) is 9.22. The summed E-state index contributed by atoms with van der Waals surface area (Å²) in [5.74, 6) is 0. The number of hydrogen-bond acceptors (Lipinski definition) is 2. The lowest BCUT2D eigenvalue weighted by atomic mass is 10.2. The summed E-state index contributed by atoms with van der Waals surface area (Å²) in [5.41, 5.74) is 1.03. The van der Waals surface area contributed by atoms with Crippen molar-refractivity contribution in [2.45, 2.75) is 11.8 Å². The van der Waals surface area contributed by atoms with Crippen LogP contribution in [0.5, 0.6) is 0 Å². The van der Waals surface area contributed by atoms with Crippen molar-refractivity contribution in [1.82, 2.24) is 4.72 Å². The Bertz CT molecular complexity index is 353. The third kappa shape index (κ3) is 1.84. The number of hydrogen-bond donors (Lipinski definition) is 0. The fourth-order valence-corrected chi connectivity index (χ4v) is 1.51. The molecule has 2 radical (unpaired) electrons. The molecule has 0 aliphatic carbocycles. The summed E-state index contributed by atoms with van der Waals surface area (Å²) >= 11 is 0. The molecule has 3 nitrogen and oxygen atoms in total. The number of nitrogens with zero attached hydrogens (tertiary/aromatic N) is 1. The van der Waals surface area contributed by atoms with Crippen LogP contribution in [0.4, 0.5) is 0 Å². The van der Waals surface area contributed by atoms with E-state index in [1.807, 2.05) is 6.92 Å². The van der Waals surface area contributed by atoms with Crippen molar-refractivity contribution in [3.63, 3.8) is 0 Å². The van der Waals surface area contributed by atoms with Crippen LogP contribution in [0.1, 0.15) is 5.56 Å².